The van der Waals surface area contributed by atoms with Crippen LogP contribution in [0.3, 0.4) is 0 Å². The van der Waals surface area contributed by atoms with E-state index in [0.29, 0.717) is 25.8 Å². The van der Waals surface area contributed by atoms with E-state index in [4.69, 9.17) is 15.0 Å². The minimum Gasteiger partial charge on any atom is -0.461 e. The third kappa shape index (κ3) is 5.79. The molecule has 1 saturated heterocycles. The normalized spacial score (nSPS) is 22.7. The maximum absolute atomic E-state index is 13.3. The van der Waals surface area contributed by atoms with Crippen LogP contribution in [0.5, 0.6) is 0 Å². The first-order valence-corrected chi connectivity index (χ1v) is 12.7. The van der Waals surface area contributed by atoms with Crippen LogP contribution >= 0.6 is 0 Å². The van der Waals surface area contributed by atoms with Crippen LogP contribution in [0.25, 0.3) is 0 Å². The monoisotopic (exact) mass is 497 g/mol. The number of benzene rings is 1. The van der Waals surface area contributed by atoms with E-state index in [1.165, 1.54) is 11.2 Å². The summed E-state index contributed by atoms with van der Waals surface area (Å²) in [6, 6.07) is 12.5. The summed E-state index contributed by atoms with van der Waals surface area (Å²) in [4.78, 5) is 40.3. The molecule has 0 radical (unpaired) electrons. The number of nitrogens with zero attached hydrogens (tertiary/aromatic N) is 2. The smallest absolute Gasteiger partial charge is 0.411 e. The average molecular weight is 498 g/mol. The van der Waals surface area contributed by atoms with Gasteiger partial charge in [0, 0.05) is 19.4 Å². The summed E-state index contributed by atoms with van der Waals surface area (Å²) in [5.41, 5.74) is -0.533. The van der Waals surface area contributed by atoms with Crippen molar-refractivity contribution in [3.63, 3.8) is 0 Å². The molecule has 2 atom stereocenters. The third-order valence-corrected chi connectivity index (χ3v) is 7.38. The Morgan fingerprint density at radius 3 is 2.50 bits per heavy atom. The van der Waals surface area contributed by atoms with Crippen LogP contribution < -0.4 is 5.84 Å². The van der Waals surface area contributed by atoms with Crippen molar-refractivity contribution in [1.82, 2.24) is 9.91 Å². The van der Waals surface area contributed by atoms with E-state index in [1.807, 2.05) is 30.3 Å². The Hall–Kier alpha value is -3.17. The van der Waals surface area contributed by atoms with E-state index in [-0.39, 0.29) is 36.9 Å². The molecule has 2 fully saturated rings. The molecule has 1 aromatic heterocycles. The minimum absolute atomic E-state index is 0.0704. The summed E-state index contributed by atoms with van der Waals surface area (Å²) >= 11 is 0. The molecule has 0 bridgehead atoms. The minimum atomic E-state index is -1.37. The highest BCUT2D eigenvalue weighted by molar-refractivity contribution is 5.95. The zero-order valence-corrected chi connectivity index (χ0v) is 20.5. The first-order chi connectivity index (χ1) is 17.4. The molecule has 1 aliphatic carbocycles. The van der Waals surface area contributed by atoms with Crippen molar-refractivity contribution in [2.24, 2.45) is 11.8 Å². The lowest BCUT2D eigenvalue weighted by molar-refractivity contribution is -0.164. The molecule has 3 N–H and O–H groups in total. The predicted octanol–water partition coefficient (Wildman–Crippen LogP) is 4.01. The van der Waals surface area contributed by atoms with Gasteiger partial charge in [-0.05, 0) is 55.7 Å². The molecule has 9 heteroatoms. The molecule has 1 aliphatic heterocycles. The fourth-order valence-corrected chi connectivity index (χ4v) is 5.48. The van der Waals surface area contributed by atoms with Gasteiger partial charge in [-0.1, -0.05) is 43.2 Å². The summed E-state index contributed by atoms with van der Waals surface area (Å²) in [6.07, 6.45) is 4.78. The number of likely N-dealkylation sites (tertiary alicyclic amines) is 1. The fraction of sp³-hybridized carbons (Fsp3) is 0.519. The lowest BCUT2D eigenvalue weighted by atomic mass is 9.79. The van der Waals surface area contributed by atoms with Gasteiger partial charge in [-0.3, -0.25) is 19.5 Å². The van der Waals surface area contributed by atoms with Crippen molar-refractivity contribution in [2.75, 3.05) is 6.54 Å². The Kier molecular flexibility index (Phi) is 8.43. The van der Waals surface area contributed by atoms with Crippen LogP contribution in [-0.2, 0) is 16.1 Å². The maximum Gasteiger partial charge on any atom is 0.411 e. The van der Waals surface area contributed by atoms with Crippen LogP contribution in [0.2, 0.25) is 0 Å². The van der Waals surface area contributed by atoms with Crippen molar-refractivity contribution in [3.05, 3.63) is 60.1 Å². The van der Waals surface area contributed by atoms with Crippen molar-refractivity contribution in [2.45, 2.75) is 76.2 Å². The lowest BCUT2D eigenvalue weighted by Gasteiger charge is -2.47. The number of nitrogens with two attached hydrogens (primary N) is 1. The van der Waals surface area contributed by atoms with Gasteiger partial charge in [0.2, 0.25) is 5.91 Å². The van der Waals surface area contributed by atoms with Gasteiger partial charge in [0.15, 0.2) is 17.7 Å². The molecule has 2 heterocycles. The van der Waals surface area contributed by atoms with Gasteiger partial charge in [0.25, 0.3) is 0 Å². The van der Waals surface area contributed by atoms with Gasteiger partial charge in [-0.25, -0.2) is 10.6 Å². The van der Waals surface area contributed by atoms with Gasteiger partial charge >= 0.3 is 6.09 Å². The highest BCUT2D eigenvalue weighted by Crippen LogP contribution is 2.43. The lowest BCUT2D eigenvalue weighted by Crippen LogP contribution is -2.67. The Bertz CT molecular complexity index is 1020. The summed E-state index contributed by atoms with van der Waals surface area (Å²) in [5.74, 6) is 5.63. The zero-order chi connectivity index (χ0) is 25.5. The van der Waals surface area contributed by atoms with E-state index < -0.39 is 23.8 Å². The maximum atomic E-state index is 13.3. The molecule has 1 unspecified atom stereocenters. The molecule has 2 amide bonds. The zero-order valence-electron chi connectivity index (χ0n) is 20.5. The van der Waals surface area contributed by atoms with Gasteiger partial charge in [0.1, 0.15) is 12.2 Å². The number of carbonyl (C=O) groups excluding carboxylic acids is 3. The number of ether oxygens (including phenoxy) is 1. The van der Waals surface area contributed by atoms with Gasteiger partial charge < -0.3 is 14.3 Å². The second-order valence-electron chi connectivity index (χ2n) is 9.74. The van der Waals surface area contributed by atoms with Crippen LogP contribution in [0.1, 0.15) is 73.9 Å². The van der Waals surface area contributed by atoms with Crippen molar-refractivity contribution >= 4 is 17.8 Å². The Labute approximate surface area is 211 Å². The molecular formula is C27H35N3O6. The van der Waals surface area contributed by atoms with Gasteiger partial charge in [0.05, 0.1) is 6.26 Å². The summed E-state index contributed by atoms with van der Waals surface area (Å²) < 4.78 is 10.7. The SMILES string of the molecule is NN(C(=O)CCC(=O)c1ccco1)[C@@H]1N(C(=O)OCc2ccccc2)CCCCC1(O)C1CCCC1. The molecule has 2 aliphatic rings. The number of aliphatic hydroxyl groups is 1. The van der Waals surface area contributed by atoms with E-state index >= 15 is 0 Å². The number of hydrogen-bond acceptors (Lipinski definition) is 7. The standard InChI is InChI=1S/C27H35N3O6/c28-30(24(32)15-14-22(31)23-13-8-18-35-23)25-27(34,21-11-4-5-12-21)16-6-7-17-29(25)26(33)36-19-20-9-2-1-3-10-20/h1-3,8-10,13,18,21,25,34H,4-7,11-12,14-17,19,28H2/t25-,27?/m0/s1. The molecule has 4 rings (SSSR count). The van der Waals surface area contributed by atoms with Crippen LogP contribution in [0.4, 0.5) is 4.79 Å². The fourth-order valence-electron chi connectivity index (χ4n) is 5.48. The number of hydrogen-bond donors (Lipinski definition) is 2. The van der Waals surface area contributed by atoms with E-state index in [0.717, 1.165) is 36.3 Å². The van der Waals surface area contributed by atoms with E-state index in [1.54, 1.807) is 12.1 Å². The van der Waals surface area contributed by atoms with Gasteiger partial charge in [-0.2, -0.15) is 0 Å². The predicted molar refractivity (Wildman–Crippen MR) is 131 cm³/mol. The van der Waals surface area contributed by atoms with Crippen molar-refractivity contribution in [3.8, 4) is 0 Å². The summed E-state index contributed by atoms with van der Waals surface area (Å²) in [5, 5.41) is 13.0. The highest BCUT2D eigenvalue weighted by Gasteiger charge is 2.52. The second-order valence-corrected chi connectivity index (χ2v) is 9.74. The molecule has 2 aromatic rings. The summed E-state index contributed by atoms with van der Waals surface area (Å²) in [7, 11) is 0. The number of Topliss-reactive ketones (excluding diaryl/α,β-unsaturated/α-hetero) is 1. The molecular weight excluding hydrogens is 462 g/mol. The van der Waals surface area contributed by atoms with Crippen molar-refractivity contribution in [1.29, 1.82) is 0 Å². The topological polar surface area (TPSA) is 126 Å². The van der Waals surface area contributed by atoms with Crippen LogP contribution in [0, 0.1) is 5.92 Å². The Morgan fingerprint density at radius 1 is 1.06 bits per heavy atom. The van der Waals surface area contributed by atoms with Crippen molar-refractivity contribution < 1.29 is 28.6 Å². The number of carbonyl (C=O) groups is 3. The van der Waals surface area contributed by atoms with Gasteiger partial charge in [-0.15, -0.1) is 0 Å². The first-order valence-electron chi connectivity index (χ1n) is 12.7. The molecule has 194 valence electrons. The Morgan fingerprint density at radius 2 is 1.81 bits per heavy atom. The van der Waals surface area contributed by atoms with E-state index in [2.05, 4.69) is 0 Å². The quantitative estimate of drug-likeness (QED) is 0.244. The highest BCUT2D eigenvalue weighted by atomic mass is 16.6. The summed E-state index contributed by atoms with van der Waals surface area (Å²) in [6.45, 7) is 0.376. The molecule has 36 heavy (non-hydrogen) atoms. The van der Waals surface area contributed by atoms with Crippen LogP contribution in [0.15, 0.2) is 53.1 Å². The van der Waals surface area contributed by atoms with Crippen LogP contribution in [-0.4, -0.2) is 51.1 Å². The molecule has 1 aromatic carbocycles. The number of rotatable bonds is 8. The number of furan rings is 1. The second kappa shape index (κ2) is 11.7. The largest absolute Gasteiger partial charge is 0.461 e. The number of hydrazine groups is 1. The Balaban J connectivity index is 1.54. The third-order valence-electron chi connectivity index (χ3n) is 7.38. The number of ketones is 1. The first kappa shape index (κ1) is 25.9. The molecule has 9 nitrogen and oxygen atoms in total. The van der Waals surface area contributed by atoms with E-state index in [9.17, 15) is 19.5 Å². The number of amides is 2. The molecule has 0 spiro atoms. The average Bonchev–Trinajstić information content (AvgIpc) is 3.60. The molecule has 1 saturated carbocycles.